The fourth-order valence-electron chi connectivity index (χ4n) is 4.53. The van der Waals surface area contributed by atoms with Gasteiger partial charge in [-0.15, -0.1) is 0 Å². The highest BCUT2D eigenvalue weighted by molar-refractivity contribution is 5.91. The number of hydrogen-bond donors (Lipinski definition) is 6. The van der Waals surface area contributed by atoms with Crippen molar-refractivity contribution in [1.82, 2.24) is 21.3 Å². The number of carbonyl (C=O) groups is 4. The van der Waals surface area contributed by atoms with E-state index >= 15 is 0 Å². The van der Waals surface area contributed by atoms with Crippen LogP contribution in [-0.2, 0) is 25.7 Å². The molecule has 0 radical (unpaired) electrons. The number of hydrogen-bond acceptors (Lipinski definition) is 6. The molecule has 0 aliphatic heterocycles. The molecule has 260 valence electrons. The minimum absolute atomic E-state index is 0.0176. The molecular weight excluding hydrogens is 610 g/mol. The van der Waals surface area contributed by atoms with Crippen LogP contribution < -0.4 is 32.7 Å². The van der Waals surface area contributed by atoms with E-state index in [0.29, 0.717) is 12.8 Å². The van der Waals surface area contributed by atoms with E-state index in [0.717, 1.165) is 11.1 Å². The lowest BCUT2D eigenvalue weighted by molar-refractivity contribution is -0.131. The molecule has 2 aromatic rings. The molecule has 8 N–H and O–H groups in total. The molecule has 0 saturated heterocycles. The van der Waals surface area contributed by atoms with Crippen LogP contribution in [0.15, 0.2) is 83.9 Å². The summed E-state index contributed by atoms with van der Waals surface area (Å²) in [6.07, 6.45) is 6.92. The van der Waals surface area contributed by atoms with Gasteiger partial charge in [0.25, 0.3) is 0 Å². The zero-order valence-corrected chi connectivity index (χ0v) is 28.4. The smallest absolute Gasteiger partial charge is 0.408 e. The molecule has 0 spiro atoms. The van der Waals surface area contributed by atoms with Crippen molar-refractivity contribution in [3.05, 3.63) is 90.0 Å². The molecule has 0 aliphatic carbocycles. The van der Waals surface area contributed by atoms with Crippen LogP contribution in [0.1, 0.15) is 58.1 Å². The van der Waals surface area contributed by atoms with Gasteiger partial charge >= 0.3 is 6.09 Å². The van der Waals surface area contributed by atoms with Gasteiger partial charge in [0.05, 0.1) is 0 Å². The second-order valence-electron chi connectivity index (χ2n) is 12.1. The summed E-state index contributed by atoms with van der Waals surface area (Å²) in [6, 6.07) is 16.6. The number of allylic oxidation sites excluding steroid dienone is 2. The Labute approximate surface area is 283 Å². The van der Waals surface area contributed by atoms with Gasteiger partial charge in [0, 0.05) is 25.2 Å². The van der Waals surface area contributed by atoms with Crippen LogP contribution in [0.3, 0.4) is 0 Å². The SMILES string of the molecule is CC(C)C[C@H](NC(=O)[C@H](CCCN=C(N)N)NC(=O)OCc1ccccc1)C(=O)N[C@H](CNC(=O)C=CC=Cc1ccccc1)C(C)C. The van der Waals surface area contributed by atoms with Crippen molar-refractivity contribution >= 4 is 35.9 Å². The Morgan fingerprint density at radius 2 is 1.48 bits per heavy atom. The van der Waals surface area contributed by atoms with Crippen molar-refractivity contribution in [2.45, 2.75) is 71.7 Å². The fourth-order valence-corrected chi connectivity index (χ4v) is 4.53. The van der Waals surface area contributed by atoms with E-state index < -0.39 is 36.0 Å². The molecule has 0 unspecified atom stereocenters. The van der Waals surface area contributed by atoms with Gasteiger partial charge in [0.1, 0.15) is 18.7 Å². The van der Waals surface area contributed by atoms with Crippen molar-refractivity contribution in [3.8, 4) is 0 Å². The number of amides is 4. The summed E-state index contributed by atoms with van der Waals surface area (Å²) in [5.41, 5.74) is 12.7. The number of guanidine groups is 1. The number of alkyl carbamates (subject to hydrolysis) is 1. The number of ether oxygens (including phenoxy) is 1. The predicted molar refractivity (Wildman–Crippen MR) is 189 cm³/mol. The standard InChI is InChI=1S/C36H51N7O5/c1-25(2)22-30(34(46)42-31(26(3)4)23-40-32(44)20-12-11-16-27-14-7-5-8-15-27)41-33(45)29(19-13-21-39-35(37)38)43-36(47)48-24-28-17-9-6-10-18-28/h5-12,14-18,20,25-26,29-31H,13,19,21-24H2,1-4H3,(H,40,44)(H,41,45)(H,42,46)(H,43,47)(H4,37,38,39)/t29-,30-,31+/m0/s1. The maximum absolute atomic E-state index is 13.5. The summed E-state index contributed by atoms with van der Waals surface area (Å²) in [7, 11) is 0. The van der Waals surface area contributed by atoms with Crippen molar-refractivity contribution in [2.75, 3.05) is 13.1 Å². The van der Waals surface area contributed by atoms with Crippen LogP contribution in [0, 0.1) is 11.8 Å². The minimum atomic E-state index is -1.01. The van der Waals surface area contributed by atoms with E-state index in [9.17, 15) is 19.2 Å². The second-order valence-corrected chi connectivity index (χ2v) is 12.1. The van der Waals surface area contributed by atoms with Gasteiger partial charge in [-0.1, -0.05) is 107 Å². The summed E-state index contributed by atoms with van der Waals surface area (Å²) in [6.45, 7) is 8.23. The van der Waals surface area contributed by atoms with Crippen molar-refractivity contribution in [3.63, 3.8) is 0 Å². The largest absolute Gasteiger partial charge is 0.445 e. The third-order valence-corrected chi connectivity index (χ3v) is 7.18. The van der Waals surface area contributed by atoms with E-state index in [1.807, 2.05) is 94.4 Å². The lowest BCUT2D eigenvalue weighted by atomic mass is 9.99. The maximum Gasteiger partial charge on any atom is 0.408 e. The fraction of sp³-hybridized carbons (Fsp3) is 0.417. The predicted octanol–water partition coefficient (Wildman–Crippen LogP) is 3.39. The minimum Gasteiger partial charge on any atom is -0.445 e. The summed E-state index contributed by atoms with van der Waals surface area (Å²) in [5.74, 6) is -1.26. The van der Waals surface area contributed by atoms with Gasteiger partial charge in [0.2, 0.25) is 17.7 Å². The van der Waals surface area contributed by atoms with Crippen LogP contribution in [-0.4, -0.2) is 61.0 Å². The third kappa shape index (κ3) is 16.4. The quantitative estimate of drug-likeness (QED) is 0.0437. The number of nitrogens with one attached hydrogen (secondary N) is 4. The number of rotatable bonds is 19. The zero-order valence-electron chi connectivity index (χ0n) is 28.4. The average Bonchev–Trinajstić information content (AvgIpc) is 3.05. The highest BCUT2D eigenvalue weighted by Crippen LogP contribution is 2.10. The van der Waals surface area contributed by atoms with Crippen LogP contribution in [0.25, 0.3) is 6.08 Å². The van der Waals surface area contributed by atoms with Crippen molar-refractivity contribution < 1.29 is 23.9 Å². The molecule has 0 aliphatic rings. The summed E-state index contributed by atoms with van der Waals surface area (Å²) >= 11 is 0. The van der Waals surface area contributed by atoms with E-state index in [1.54, 1.807) is 12.2 Å². The second kappa shape index (κ2) is 21.6. The lowest BCUT2D eigenvalue weighted by Crippen LogP contribution is -2.57. The molecule has 2 rings (SSSR count). The number of benzene rings is 2. The first-order valence-electron chi connectivity index (χ1n) is 16.3. The molecule has 0 bridgehead atoms. The van der Waals surface area contributed by atoms with E-state index in [2.05, 4.69) is 26.3 Å². The first-order chi connectivity index (χ1) is 22.9. The van der Waals surface area contributed by atoms with Crippen molar-refractivity contribution in [2.24, 2.45) is 28.3 Å². The van der Waals surface area contributed by atoms with Crippen LogP contribution >= 0.6 is 0 Å². The molecule has 0 saturated carbocycles. The first kappa shape index (κ1) is 39.1. The van der Waals surface area contributed by atoms with E-state index in [4.69, 9.17) is 16.2 Å². The number of aliphatic imine (C=N–C) groups is 1. The Bertz CT molecular complexity index is 1370. The topological polar surface area (TPSA) is 190 Å². The monoisotopic (exact) mass is 661 g/mol. The third-order valence-electron chi connectivity index (χ3n) is 7.18. The molecule has 48 heavy (non-hydrogen) atoms. The first-order valence-corrected chi connectivity index (χ1v) is 16.3. The molecule has 2 aromatic carbocycles. The normalized spacial score (nSPS) is 13.1. The molecule has 3 atom stereocenters. The molecule has 0 aromatic heterocycles. The van der Waals surface area contributed by atoms with Gasteiger partial charge < -0.3 is 37.5 Å². The average molecular weight is 662 g/mol. The number of nitrogens with two attached hydrogens (primary N) is 2. The van der Waals surface area contributed by atoms with Crippen LogP contribution in [0.4, 0.5) is 4.79 Å². The number of nitrogens with zero attached hydrogens (tertiary/aromatic N) is 1. The molecule has 0 fully saturated rings. The van der Waals surface area contributed by atoms with Gasteiger partial charge in [0.15, 0.2) is 5.96 Å². The Kier molecular flexibility index (Phi) is 17.6. The highest BCUT2D eigenvalue weighted by Gasteiger charge is 2.29. The number of carbonyl (C=O) groups excluding carboxylic acids is 4. The van der Waals surface area contributed by atoms with Crippen LogP contribution in [0.2, 0.25) is 0 Å². The Hall–Kier alpha value is -5.13. The zero-order chi connectivity index (χ0) is 35.3. The van der Waals surface area contributed by atoms with Gasteiger partial charge in [-0.25, -0.2) is 4.79 Å². The Morgan fingerprint density at radius 1 is 0.833 bits per heavy atom. The van der Waals surface area contributed by atoms with Gasteiger partial charge in [-0.2, -0.15) is 0 Å². The van der Waals surface area contributed by atoms with Gasteiger partial charge in [-0.05, 0) is 42.2 Å². The maximum atomic E-state index is 13.5. The highest BCUT2D eigenvalue weighted by atomic mass is 16.5. The lowest BCUT2D eigenvalue weighted by Gasteiger charge is -2.28. The molecule has 12 nitrogen and oxygen atoms in total. The molecule has 12 heteroatoms. The Balaban J connectivity index is 2.04. The molecule has 0 heterocycles. The molecular formula is C36H51N7O5. The van der Waals surface area contributed by atoms with Crippen molar-refractivity contribution in [1.29, 1.82) is 0 Å². The van der Waals surface area contributed by atoms with Gasteiger partial charge in [-0.3, -0.25) is 19.4 Å². The van der Waals surface area contributed by atoms with E-state index in [1.165, 1.54) is 6.08 Å². The van der Waals surface area contributed by atoms with E-state index in [-0.39, 0.29) is 49.8 Å². The Morgan fingerprint density at radius 3 is 2.10 bits per heavy atom. The summed E-state index contributed by atoms with van der Waals surface area (Å²) in [4.78, 5) is 56.1. The molecule has 4 amide bonds. The van der Waals surface area contributed by atoms with Crippen LogP contribution in [0.5, 0.6) is 0 Å². The summed E-state index contributed by atoms with van der Waals surface area (Å²) in [5, 5.41) is 11.3. The summed E-state index contributed by atoms with van der Waals surface area (Å²) < 4.78 is 5.33.